The Morgan fingerprint density at radius 1 is 1.19 bits per heavy atom. The molecule has 1 aromatic carbocycles. The van der Waals surface area contributed by atoms with Gasteiger partial charge in [0.1, 0.15) is 6.54 Å². The topological polar surface area (TPSA) is 76.5 Å². The fourth-order valence-electron chi connectivity index (χ4n) is 5.58. The van der Waals surface area contributed by atoms with Crippen molar-refractivity contribution in [1.82, 2.24) is 20.0 Å². The molecule has 2 aliphatic heterocycles. The van der Waals surface area contributed by atoms with Gasteiger partial charge in [0.15, 0.2) is 0 Å². The fraction of sp³-hybridized carbons (Fsp3) is 0.542. The Morgan fingerprint density at radius 3 is 2.44 bits per heavy atom. The van der Waals surface area contributed by atoms with E-state index >= 15 is 0 Å². The fourth-order valence-corrected chi connectivity index (χ4v) is 5.58. The lowest BCUT2D eigenvalue weighted by Gasteiger charge is -2.50. The number of methoxy groups -OCH3 is 1. The highest BCUT2D eigenvalue weighted by Gasteiger charge is 2.64. The summed E-state index contributed by atoms with van der Waals surface area (Å²) in [5.74, 6) is -1.83. The van der Waals surface area contributed by atoms with Crippen molar-refractivity contribution in [3.63, 3.8) is 0 Å². The number of halogens is 5. The van der Waals surface area contributed by atoms with Crippen LogP contribution in [0.15, 0.2) is 42.6 Å². The number of aromatic nitrogens is 2. The first-order valence-corrected chi connectivity index (χ1v) is 11.6. The summed E-state index contributed by atoms with van der Waals surface area (Å²) in [6.07, 6.45) is -5.71. The molecule has 196 valence electrons. The SMILES string of the molecule is CO[C@@](C(=O)N1CCC2(CC1)CC(=O)NC[C@H]2c1ccnn1CC(F)F)(c1ccccc1)C(F)(F)F. The van der Waals surface area contributed by atoms with Crippen molar-refractivity contribution in [3.8, 4) is 0 Å². The molecular formula is C24H27F5N4O3. The second kappa shape index (κ2) is 9.79. The summed E-state index contributed by atoms with van der Waals surface area (Å²) >= 11 is 0. The minimum atomic E-state index is -5.02. The van der Waals surface area contributed by atoms with E-state index in [9.17, 15) is 31.5 Å². The Hall–Kier alpha value is -3.02. The number of benzene rings is 1. The van der Waals surface area contributed by atoms with Gasteiger partial charge in [0, 0.05) is 56.5 Å². The molecule has 1 aromatic heterocycles. The Labute approximate surface area is 204 Å². The number of nitrogens with one attached hydrogen (secondary N) is 1. The lowest BCUT2D eigenvalue weighted by Crippen LogP contribution is -2.60. The molecule has 36 heavy (non-hydrogen) atoms. The van der Waals surface area contributed by atoms with Gasteiger partial charge in [0.2, 0.25) is 5.91 Å². The molecule has 0 radical (unpaired) electrons. The van der Waals surface area contributed by atoms with Gasteiger partial charge in [-0.2, -0.15) is 18.3 Å². The Kier molecular flexibility index (Phi) is 7.09. The number of piperidine rings is 2. The van der Waals surface area contributed by atoms with Crippen LogP contribution in [-0.4, -0.2) is 65.8 Å². The number of carbonyl (C=O) groups is 2. The van der Waals surface area contributed by atoms with Gasteiger partial charge in [-0.25, -0.2) is 8.78 Å². The molecule has 2 aliphatic rings. The number of hydrogen-bond acceptors (Lipinski definition) is 4. The molecule has 2 amide bonds. The number of ether oxygens (including phenoxy) is 1. The molecule has 0 saturated carbocycles. The van der Waals surface area contributed by atoms with Crippen molar-refractivity contribution >= 4 is 11.8 Å². The summed E-state index contributed by atoms with van der Waals surface area (Å²) in [6, 6.07) is 8.38. The largest absolute Gasteiger partial charge is 0.430 e. The number of nitrogens with zero attached hydrogens (tertiary/aromatic N) is 3. The second-order valence-corrected chi connectivity index (χ2v) is 9.27. The van der Waals surface area contributed by atoms with Gasteiger partial charge >= 0.3 is 6.18 Å². The summed E-state index contributed by atoms with van der Waals surface area (Å²) in [4.78, 5) is 26.9. The summed E-state index contributed by atoms with van der Waals surface area (Å²) in [6.45, 7) is -0.498. The molecule has 1 spiro atoms. The molecular weight excluding hydrogens is 487 g/mol. The van der Waals surface area contributed by atoms with E-state index in [0.29, 0.717) is 5.69 Å². The summed E-state index contributed by atoms with van der Waals surface area (Å²) in [7, 11) is 0.857. The smallest absolute Gasteiger partial charge is 0.356 e. The zero-order chi connectivity index (χ0) is 26.1. The molecule has 2 saturated heterocycles. The first-order chi connectivity index (χ1) is 17.0. The van der Waals surface area contributed by atoms with E-state index < -0.39 is 36.1 Å². The maximum absolute atomic E-state index is 14.4. The van der Waals surface area contributed by atoms with Crippen LogP contribution < -0.4 is 5.32 Å². The van der Waals surface area contributed by atoms with E-state index in [1.165, 1.54) is 35.1 Å². The average Bonchev–Trinajstić information content (AvgIpc) is 3.27. The van der Waals surface area contributed by atoms with Crippen molar-refractivity contribution in [3.05, 3.63) is 53.9 Å². The lowest BCUT2D eigenvalue weighted by atomic mass is 9.63. The van der Waals surface area contributed by atoms with E-state index in [1.54, 1.807) is 12.1 Å². The predicted molar refractivity (Wildman–Crippen MR) is 118 cm³/mol. The minimum Gasteiger partial charge on any atom is -0.356 e. The van der Waals surface area contributed by atoms with Gasteiger partial charge in [-0.15, -0.1) is 0 Å². The molecule has 1 N–H and O–H groups in total. The molecule has 2 fully saturated rings. The average molecular weight is 514 g/mol. The third-order valence-corrected chi connectivity index (χ3v) is 7.41. The Morgan fingerprint density at radius 2 is 1.86 bits per heavy atom. The summed E-state index contributed by atoms with van der Waals surface area (Å²) in [5, 5.41) is 6.76. The van der Waals surface area contributed by atoms with Crippen molar-refractivity contribution in [2.75, 3.05) is 26.7 Å². The second-order valence-electron chi connectivity index (χ2n) is 9.27. The molecule has 4 rings (SSSR count). The first-order valence-electron chi connectivity index (χ1n) is 11.6. The molecule has 2 atom stereocenters. The Balaban J connectivity index is 1.62. The van der Waals surface area contributed by atoms with E-state index in [4.69, 9.17) is 4.74 Å². The minimum absolute atomic E-state index is 0.0420. The number of amides is 2. The van der Waals surface area contributed by atoms with Crippen LogP contribution in [0.3, 0.4) is 0 Å². The van der Waals surface area contributed by atoms with Crippen LogP contribution in [0.4, 0.5) is 22.0 Å². The Bertz CT molecular complexity index is 1080. The number of alkyl halides is 5. The lowest BCUT2D eigenvalue weighted by molar-refractivity contribution is -0.271. The van der Waals surface area contributed by atoms with Crippen molar-refractivity contribution < 1.29 is 36.3 Å². The zero-order valence-corrected chi connectivity index (χ0v) is 19.6. The van der Waals surface area contributed by atoms with Gasteiger partial charge in [-0.3, -0.25) is 14.3 Å². The van der Waals surface area contributed by atoms with E-state index in [2.05, 4.69) is 10.4 Å². The standard InChI is InChI=1S/C24H27F5N4O3/c1-36-23(24(27,28)29,16-5-3-2-4-6-16)21(35)32-11-8-22(9-12-32)13-20(34)30-14-17(22)18-7-10-31-33(18)15-19(25)26/h2-7,10,17,19H,8-9,11-15H2,1H3,(H,30,34)/t17-,23+/m0/s1. The highest BCUT2D eigenvalue weighted by atomic mass is 19.4. The normalized spacial score (nSPS) is 21.9. The molecule has 3 heterocycles. The van der Waals surface area contributed by atoms with Crippen LogP contribution in [0.25, 0.3) is 0 Å². The van der Waals surface area contributed by atoms with Crippen LogP contribution in [0.1, 0.15) is 36.4 Å². The maximum atomic E-state index is 14.4. The molecule has 0 aliphatic carbocycles. The van der Waals surface area contributed by atoms with Crippen molar-refractivity contribution in [1.29, 1.82) is 0 Å². The number of carbonyl (C=O) groups excluding carboxylic acids is 2. The van der Waals surface area contributed by atoms with Gasteiger partial charge in [0.05, 0.1) is 0 Å². The quantitative estimate of drug-likeness (QED) is 0.600. The highest BCUT2D eigenvalue weighted by molar-refractivity contribution is 5.88. The third-order valence-electron chi connectivity index (χ3n) is 7.41. The van der Waals surface area contributed by atoms with E-state index in [1.807, 2.05) is 0 Å². The first kappa shape index (κ1) is 26.1. The maximum Gasteiger partial charge on any atom is 0.430 e. The number of likely N-dealkylation sites (tertiary alicyclic amines) is 1. The van der Waals surface area contributed by atoms with Crippen LogP contribution in [0.5, 0.6) is 0 Å². The van der Waals surface area contributed by atoms with Crippen LogP contribution in [-0.2, 0) is 26.5 Å². The molecule has 0 unspecified atom stereocenters. The number of rotatable bonds is 6. The monoisotopic (exact) mass is 514 g/mol. The number of hydrogen-bond donors (Lipinski definition) is 1. The van der Waals surface area contributed by atoms with Crippen molar-refractivity contribution in [2.45, 2.75) is 49.9 Å². The van der Waals surface area contributed by atoms with Crippen LogP contribution in [0, 0.1) is 5.41 Å². The zero-order valence-electron chi connectivity index (χ0n) is 19.6. The van der Waals surface area contributed by atoms with Gasteiger partial charge < -0.3 is 15.0 Å². The van der Waals surface area contributed by atoms with E-state index in [-0.39, 0.29) is 56.3 Å². The van der Waals surface area contributed by atoms with Crippen LogP contribution >= 0.6 is 0 Å². The summed E-state index contributed by atoms with van der Waals surface area (Å²) in [5.41, 5.74) is -3.67. The van der Waals surface area contributed by atoms with Crippen LogP contribution in [0.2, 0.25) is 0 Å². The van der Waals surface area contributed by atoms with E-state index in [0.717, 1.165) is 12.0 Å². The third kappa shape index (κ3) is 4.46. The molecule has 2 aromatic rings. The van der Waals surface area contributed by atoms with Crippen molar-refractivity contribution in [2.24, 2.45) is 5.41 Å². The van der Waals surface area contributed by atoms with Gasteiger partial charge in [0.25, 0.3) is 17.9 Å². The molecule has 0 bridgehead atoms. The summed E-state index contributed by atoms with van der Waals surface area (Å²) < 4.78 is 75.4. The van der Waals surface area contributed by atoms with Gasteiger partial charge in [-0.1, -0.05) is 30.3 Å². The van der Waals surface area contributed by atoms with Gasteiger partial charge in [-0.05, 0) is 24.3 Å². The predicted octanol–water partition coefficient (Wildman–Crippen LogP) is 3.46. The molecule has 12 heteroatoms. The highest BCUT2D eigenvalue weighted by Crippen LogP contribution is 2.50. The molecule has 7 nitrogen and oxygen atoms in total.